The van der Waals surface area contributed by atoms with E-state index in [1.165, 1.54) is 104 Å². The summed E-state index contributed by atoms with van der Waals surface area (Å²) in [4.78, 5) is 2.56. The van der Waals surface area contributed by atoms with Crippen LogP contribution in [0.3, 0.4) is 0 Å². The van der Waals surface area contributed by atoms with E-state index in [9.17, 15) is 0 Å². The molecular formula is C67H42N2. The van der Waals surface area contributed by atoms with Gasteiger partial charge in [-0.3, -0.25) is 0 Å². The molecule has 2 heteroatoms. The molecule has 13 aromatic rings. The van der Waals surface area contributed by atoms with Crippen molar-refractivity contribution in [2.45, 2.75) is 5.41 Å². The normalized spacial score (nSPS) is 13.0. The Morgan fingerprint density at radius 2 is 0.725 bits per heavy atom. The summed E-state index contributed by atoms with van der Waals surface area (Å²) in [6, 6.07) is 95.2. The van der Waals surface area contributed by atoms with Crippen LogP contribution in [-0.4, -0.2) is 4.57 Å². The number of anilines is 3. The second-order valence-electron chi connectivity index (χ2n) is 18.7. The molecule has 1 spiro atoms. The number of fused-ring (bicyclic) bond motifs is 19. The molecule has 2 aliphatic rings. The van der Waals surface area contributed by atoms with Crippen LogP contribution in [-0.2, 0) is 5.41 Å². The smallest absolute Gasteiger partial charge is 0.0726 e. The van der Waals surface area contributed by atoms with Crippen molar-refractivity contribution < 1.29 is 0 Å². The Morgan fingerprint density at radius 3 is 1.35 bits per heavy atom. The summed E-state index contributed by atoms with van der Waals surface area (Å²) in [6.07, 6.45) is 0. The summed E-state index contributed by atoms with van der Waals surface area (Å²) < 4.78 is 2.44. The van der Waals surface area contributed by atoms with Crippen LogP contribution < -0.4 is 4.90 Å². The first-order chi connectivity index (χ1) is 34.3. The van der Waals surface area contributed by atoms with Gasteiger partial charge in [0.05, 0.1) is 22.1 Å². The number of hydrogen-bond donors (Lipinski definition) is 0. The third kappa shape index (κ3) is 5.26. The van der Waals surface area contributed by atoms with Crippen molar-refractivity contribution in [1.29, 1.82) is 0 Å². The molecule has 15 rings (SSSR count). The van der Waals surface area contributed by atoms with Crippen LogP contribution in [0.25, 0.3) is 93.2 Å². The van der Waals surface area contributed by atoms with E-state index in [-0.39, 0.29) is 0 Å². The molecule has 2 nitrogen and oxygen atoms in total. The van der Waals surface area contributed by atoms with Gasteiger partial charge in [-0.15, -0.1) is 0 Å². The van der Waals surface area contributed by atoms with E-state index in [2.05, 4.69) is 264 Å². The van der Waals surface area contributed by atoms with Crippen LogP contribution in [0, 0.1) is 0 Å². The zero-order valence-corrected chi connectivity index (χ0v) is 37.6. The van der Waals surface area contributed by atoms with Crippen molar-refractivity contribution in [3.8, 4) is 39.1 Å². The predicted octanol–water partition coefficient (Wildman–Crippen LogP) is 17.7. The van der Waals surface area contributed by atoms with E-state index in [0.29, 0.717) is 0 Å². The SMILES string of the molecule is c1ccc(-c2cc3c(cc2N(c2ccc4c5ccccc5c5ccccc5c4c2)c2ccc4c5ccccc5n(-c5ccccc5)c4c2)C2(c4ccccc4-c4ccccc42)c2ccccc2-3)cc1. The molecule has 0 atom stereocenters. The Morgan fingerprint density at radius 1 is 0.275 bits per heavy atom. The van der Waals surface area contributed by atoms with Gasteiger partial charge >= 0.3 is 0 Å². The number of para-hydroxylation sites is 2. The Labute approximate surface area is 400 Å². The first-order valence-electron chi connectivity index (χ1n) is 24.0. The summed E-state index contributed by atoms with van der Waals surface area (Å²) in [6.45, 7) is 0. The minimum atomic E-state index is -0.517. The van der Waals surface area contributed by atoms with Gasteiger partial charge in [0, 0.05) is 33.4 Å². The molecule has 0 amide bonds. The maximum Gasteiger partial charge on any atom is 0.0726 e. The topological polar surface area (TPSA) is 8.17 Å². The fraction of sp³-hybridized carbons (Fsp3) is 0.0149. The number of hydrogen-bond acceptors (Lipinski definition) is 1. The summed E-state index contributed by atoms with van der Waals surface area (Å²) in [7, 11) is 0. The van der Waals surface area contributed by atoms with Crippen molar-refractivity contribution in [2.75, 3.05) is 4.90 Å². The highest BCUT2D eigenvalue weighted by Gasteiger charge is 2.52. The van der Waals surface area contributed by atoms with Crippen LogP contribution in [0.4, 0.5) is 17.1 Å². The highest BCUT2D eigenvalue weighted by Crippen LogP contribution is 2.64. The molecule has 0 radical (unpaired) electrons. The van der Waals surface area contributed by atoms with E-state index >= 15 is 0 Å². The van der Waals surface area contributed by atoms with E-state index in [4.69, 9.17) is 0 Å². The zero-order chi connectivity index (χ0) is 45.2. The molecule has 0 aliphatic heterocycles. The van der Waals surface area contributed by atoms with E-state index in [0.717, 1.165) is 28.3 Å². The number of rotatable bonds is 5. The number of aromatic nitrogens is 1. The van der Waals surface area contributed by atoms with Gasteiger partial charge in [0.25, 0.3) is 0 Å². The summed E-state index contributed by atoms with van der Waals surface area (Å²) in [5.41, 5.74) is 19.1. The van der Waals surface area contributed by atoms with Crippen LogP contribution >= 0.6 is 0 Å². The largest absolute Gasteiger partial charge is 0.310 e. The molecular weight excluding hydrogens is 833 g/mol. The van der Waals surface area contributed by atoms with Gasteiger partial charge in [0.1, 0.15) is 0 Å². The summed E-state index contributed by atoms with van der Waals surface area (Å²) in [5, 5.41) is 9.99. The van der Waals surface area contributed by atoms with Gasteiger partial charge in [-0.2, -0.15) is 0 Å². The van der Waals surface area contributed by atoms with Crippen LogP contribution in [0.5, 0.6) is 0 Å². The molecule has 1 heterocycles. The molecule has 1 aromatic heterocycles. The Bertz CT molecular complexity index is 4170. The van der Waals surface area contributed by atoms with Crippen molar-refractivity contribution in [1.82, 2.24) is 4.57 Å². The highest BCUT2D eigenvalue weighted by atomic mass is 15.1. The van der Waals surface area contributed by atoms with Gasteiger partial charge in [-0.1, -0.05) is 200 Å². The van der Waals surface area contributed by atoms with Crippen LogP contribution in [0.2, 0.25) is 0 Å². The Hall–Kier alpha value is -8.98. The standard InChI is InChI=1S/C67H42N2/c1-3-19-43(20-4-1)57-41-59-54-29-13-17-33-62(54)67(60-31-15-11-27-52(60)53-28-12-16-32-61(53)67)63(59)42-66(57)68(45-35-37-51-49-25-8-7-23-47(49)48-24-9-10-26-50(48)58(51)39-45)46-36-38-56-55-30-14-18-34-64(55)69(65(56)40-46)44-21-5-2-6-22-44/h1-42H. The molecule has 320 valence electrons. The lowest BCUT2D eigenvalue weighted by Gasteiger charge is -2.33. The second-order valence-corrected chi connectivity index (χ2v) is 18.7. The van der Waals surface area contributed by atoms with Crippen molar-refractivity contribution in [2.24, 2.45) is 0 Å². The highest BCUT2D eigenvalue weighted by molar-refractivity contribution is 6.26. The number of nitrogens with zero attached hydrogens (tertiary/aromatic N) is 2. The molecule has 0 unspecified atom stereocenters. The average Bonchev–Trinajstić information content (AvgIpc) is 4.02. The molecule has 2 aliphatic carbocycles. The van der Waals surface area contributed by atoms with Crippen LogP contribution in [0.1, 0.15) is 22.3 Å². The minimum Gasteiger partial charge on any atom is -0.310 e. The fourth-order valence-corrected chi connectivity index (χ4v) is 12.6. The molecule has 0 bridgehead atoms. The van der Waals surface area contributed by atoms with Gasteiger partial charge in [-0.05, 0) is 137 Å². The fourth-order valence-electron chi connectivity index (χ4n) is 12.6. The quantitative estimate of drug-likeness (QED) is 0.156. The maximum atomic E-state index is 2.57. The monoisotopic (exact) mass is 874 g/mol. The third-order valence-electron chi connectivity index (χ3n) is 15.4. The predicted molar refractivity (Wildman–Crippen MR) is 290 cm³/mol. The summed E-state index contributed by atoms with van der Waals surface area (Å²) in [5.74, 6) is 0. The molecule has 0 saturated carbocycles. The lowest BCUT2D eigenvalue weighted by Crippen LogP contribution is -2.26. The summed E-state index contributed by atoms with van der Waals surface area (Å²) >= 11 is 0. The van der Waals surface area contributed by atoms with E-state index < -0.39 is 5.41 Å². The van der Waals surface area contributed by atoms with Crippen molar-refractivity contribution in [3.63, 3.8) is 0 Å². The van der Waals surface area contributed by atoms with Gasteiger partial charge in [0.2, 0.25) is 0 Å². The van der Waals surface area contributed by atoms with Gasteiger partial charge < -0.3 is 9.47 Å². The van der Waals surface area contributed by atoms with Crippen LogP contribution in [0.15, 0.2) is 255 Å². The first kappa shape index (κ1) is 38.2. The van der Waals surface area contributed by atoms with Gasteiger partial charge in [-0.25, -0.2) is 0 Å². The van der Waals surface area contributed by atoms with Crippen molar-refractivity contribution in [3.05, 3.63) is 277 Å². The molecule has 12 aromatic carbocycles. The zero-order valence-electron chi connectivity index (χ0n) is 37.6. The maximum absolute atomic E-state index is 2.57. The van der Waals surface area contributed by atoms with E-state index in [1.807, 2.05) is 0 Å². The molecule has 0 N–H and O–H groups in total. The Kier molecular flexibility index (Phi) is 8.02. The van der Waals surface area contributed by atoms with Gasteiger partial charge in [0.15, 0.2) is 0 Å². The van der Waals surface area contributed by atoms with Crippen molar-refractivity contribution >= 4 is 71.2 Å². The lowest BCUT2D eigenvalue weighted by atomic mass is 9.70. The Balaban J connectivity index is 1.09. The molecule has 0 saturated heterocycles. The second kappa shape index (κ2) is 14.5. The molecule has 69 heavy (non-hydrogen) atoms. The van der Waals surface area contributed by atoms with E-state index in [1.54, 1.807) is 0 Å². The first-order valence-corrected chi connectivity index (χ1v) is 24.0. The lowest BCUT2D eigenvalue weighted by molar-refractivity contribution is 0.794. The third-order valence-corrected chi connectivity index (χ3v) is 15.4. The minimum absolute atomic E-state index is 0.517. The number of benzene rings is 12. The average molecular weight is 875 g/mol. The molecule has 0 fully saturated rings.